The third-order valence-electron chi connectivity index (χ3n) is 6.10. The van der Waals surface area contributed by atoms with E-state index in [0.29, 0.717) is 44.2 Å². The SMILES string of the molecule is O=C(CN1CCN(C(=O)[C@H]2COc3ccccc3O2)CC1)N[C@@H](c1ccccc1)c1cccs1. The first-order valence-electron chi connectivity index (χ1n) is 11.4. The summed E-state index contributed by atoms with van der Waals surface area (Å²) in [7, 11) is 0. The summed E-state index contributed by atoms with van der Waals surface area (Å²) in [5, 5.41) is 5.21. The van der Waals surface area contributed by atoms with Gasteiger partial charge < -0.3 is 19.7 Å². The molecule has 0 bridgehead atoms. The molecule has 0 radical (unpaired) electrons. The molecule has 8 heteroatoms. The van der Waals surface area contributed by atoms with Crippen LogP contribution in [0, 0.1) is 0 Å². The summed E-state index contributed by atoms with van der Waals surface area (Å²) >= 11 is 1.63. The van der Waals surface area contributed by atoms with E-state index in [1.165, 1.54) is 0 Å². The maximum atomic E-state index is 12.9. The minimum absolute atomic E-state index is 0.0253. The van der Waals surface area contributed by atoms with Crippen LogP contribution in [0.25, 0.3) is 0 Å². The number of piperazine rings is 1. The number of ether oxygens (including phenoxy) is 2. The molecule has 34 heavy (non-hydrogen) atoms. The molecule has 7 nitrogen and oxygen atoms in total. The van der Waals surface area contributed by atoms with Crippen molar-refractivity contribution in [3.63, 3.8) is 0 Å². The van der Waals surface area contributed by atoms with Gasteiger partial charge in [0.2, 0.25) is 12.0 Å². The van der Waals surface area contributed by atoms with Crippen LogP contribution in [0.5, 0.6) is 11.5 Å². The summed E-state index contributed by atoms with van der Waals surface area (Å²) in [4.78, 5) is 30.8. The van der Waals surface area contributed by atoms with Gasteiger partial charge in [-0.3, -0.25) is 14.5 Å². The molecule has 2 aliphatic heterocycles. The lowest BCUT2D eigenvalue weighted by atomic mass is 10.1. The normalized spacial score (nSPS) is 18.8. The van der Waals surface area contributed by atoms with Crippen LogP contribution in [0.15, 0.2) is 72.1 Å². The minimum atomic E-state index is -0.637. The van der Waals surface area contributed by atoms with E-state index < -0.39 is 6.10 Å². The highest BCUT2D eigenvalue weighted by atomic mass is 32.1. The first kappa shape index (κ1) is 22.4. The van der Waals surface area contributed by atoms with Crippen molar-refractivity contribution in [1.82, 2.24) is 15.1 Å². The molecule has 3 aromatic rings. The van der Waals surface area contributed by atoms with E-state index in [4.69, 9.17) is 9.47 Å². The summed E-state index contributed by atoms with van der Waals surface area (Å²) in [6.07, 6.45) is -0.637. The average molecular weight is 478 g/mol. The van der Waals surface area contributed by atoms with Crippen LogP contribution in [-0.2, 0) is 9.59 Å². The van der Waals surface area contributed by atoms with Crippen LogP contribution < -0.4 is 14.8 Å². The van der Waals surface area contributed by atoms with Crippen molar-refractivity contribution in [2.75, 3.05) is 39.3 Å². The van der Waals surface area contributed by atoms with Gasteiger partial charge >= 0.3 is 0 Å². The zero-order valence-corrected chi connectivity index (χ0v) is 19.6. The highest BCUT2D eigenvalue weighted by molar-refractivity contribution is 7.10. The molecule has 1 fully saturated rings. The van der Waals surface area contributed by atoms with Gasteiger partial charge in [0, 0.05) is 31.1 Å². The molecule has 176 valence electrons. The van der Waals surface area contributed by atoms with Crippen molar-refractivity contribution >= 4 is 23.2 Å². The number of benzene rings is 2. The van der Waals surface area contributed by atoms with Gasteiger partial charge in [0.05, 0.1) is 12.6 Å². The number of amides is 2. The van der Waals surface area contributed by atoms with Crippen molar-refractivity contribution in [2.45, 2.75) is 12.1 Å². The smallest absolute Gasteiger partial charge is 0.267 e. The standard InChI is InChI=1S/C26H27N3O4S/c30-24(27-25(23-11-6-16-34-23)19-7-2-1-3-8-19)17-28-12-14-29(15-13-28)26(31)22-18-32-20-9-4-5-10-21(20)33-22/h1-11,16,22,25H,12-15,17-18H2,(H,27,30)/t22-,25+/m1/s1. The van der Waals surface area contributed by atoms with Gasteiger partial charge in [-0.1, -0.05) is 48.5 Å². The molecule has 5 rings (SSSR count). The van der Waals surface area contributed by atoms with Gasteiger partial charge in [-0.15, -0.1) is 11.3 Å². The molecule has 1 saturated heterocycles. The fourth-order valence-corrected chi connectivity index (χ4v) is 5.10. The predicted molar refractivity (Wildman–Crippen MR) is 130 cm³/mol. The van der Waals surface area contributed by atoms with Crippen LogP contribution in [0.3, 0.4) is 0 Å². The molecule has 0 spiro atoms. The highest BCUT2D eigenvalue weighted by Gasteiger charge is 2.33. The fraction of sp³-hybridized carbons (Fsp3) is 0.308. The molecule has 2 atom stereocenters. The fourth-order valence-electron chi connectivity index (χ4n) is 4.30. The van der Waals surface area contributed by atoms with Crippen molar-refractivity contribution in [1.29, 1.82) is 0 Å². The second kappa shape index (κ2) is 10.3. The number of carbonyl (C=O) groups is 2. The molecule has 1 aromatic heterocycles. The van der Waals surface area contributed by atoms with Gasteiger partial charge in [-0.2, -0.15) is 0 Å². The number of rotatable bonds is 6. The lowest BCUT2D eigenvalue weighted by Gasteiger charge is -2.37. The van der Waals surface area contributed by atoms with Crippen LogP contribution in [0.4, 0.5) is 0 Å². The Kier molecular flexibility index (Phi) is 6.78. The number of carbonyl (C=O) groups excluding carboxylic acids is 2. The number of thiophene rings is 1. The quantitative estimate of drug-likeness (QED) is 0.591. The van der Waals surface area contributed by atoms with E-state index in [1.54, 1.807) is 16.2 Å². The Hall–Kier alpha value is -3.36. The molecule has 2 aliphatic rings. The molecule has 0 aliphatic carbocycles. The number of hydrogen-bond donors (Lipinski definition) is 1. The van der Waals surface area contributed by atoms with E-state index >= 15 is 0 Å². The molecule has 0 unspecified atom stereocenters. The Morgan fingerprint density at radius 1 is 0.941 bits per heavy atom. The van der Waals surface area contributed by atoms with Crippen molar-refractivity contribution in [3.8, 4) is 11.5 Å². The summed E-state index contributed by atoms with van der Waals surface area (Å²) in [5.41, 5.74) is 1.06. The average Bonchev–Trinajstić information content (AvgIpc) is 3.42. The zero-order valence-electron chi connectivity index (χ0n) is 18.8. The van der Waals surface area contributed by atoms with Crippen molar-refractivity contribution < 1.29 is 19.1 Å². The van der Waals surface area contributed by atoms with Gasteiger partial charge in [0.15, 0.2) is 11.5 Å². The molecule has 2 amide bonds. The van der Waals surface area contributed by atoms with Gasteiger partial charge in [-0.05, 0) is 29.1 Å². The topological polar surface area (TPSA) is 71.1 Å². The van der Waals surface area contributed by atoms with Gasteiger partial charge in [0.1, 0.15) is 6.61 Å². The molecule has 2 aromatic carbocycles. The van der Waals surface area contributed by atoms with E-state index in [2.05, 4.69) is 10.2 Å². The van der Waals surface area contributed by atoms with Crippen molar-refractivity contribution in [2.24, 2.45) is 0 Å². The highest BCUT2D eigenvalue weighted by Crippen LogP contribution is 2.31. The van der Waals surface area contributed by atoms with E-state index in [1.807, 2.05) is 72.1 Å². The number of para-hydroxylation sites is 2. The summed E-state index contributed by atoms with van der Waals surface area (Å²) in [6.45, 7) is 2.90. The van der Waals surface area contributed by atoms with Crippen molar-refractivity contribution in [3.05, 3.63) is 82.6 Å². The first-order chi connectivity index (χ1) is 16.7. The number of nitrogens with zero attached hydrogens (tertiary/aromatic N) is 2. The third kappa shape index (κ3) is 5.08. The van der Waals surface area contributed by atoms with Crippen LogP contribution in [0.2, 0.25) is 0 Å². The van der Waals surface area contributed by atoms with E-state index in [-0.39, 0.29) is 24.5 Å². The third-order valence-corrected chi connectivity index (χ3v) is 7.04. The summed E-state index contributed by atoms with van der Waals surface area (Å²) < 4.78 is 11.6. The lowest BCUT2D eigenvalue weighted by Crippen LogP contribution is -2.55. The Labute approximate surface area is 202 Å². The predicted octanol–water partition coefficient (Wildman–Crippen LogP) is 2.94. The summed E-state index contributed by atoms with van der Waals surface area (Å²) in [6, 6.07) is 21.3. The Bertz CT molecular complexity index is 1110. The minimum Gasteiger partial charge on any atom is -0.485 e. The lowest BCUT2D eigenvalue weighted by molar-refractivity contribution is -0.143. The second-order valence-electron chi connectivity index (χ2n) is 8.39. The summed E-state index contributed by atoms with van der Waals surface area (Å²) in [5.74, 6) is 1.17. The number of fused-ring (bicyclic) bond motifs is 1. The number of nitrogens with one attached hydrogen (secondary N) is 1. The number of hydrogen-bond acceptors (Lipinski definition) is 6. The van der Waals surface area contributed by atoms with Gasteiger partial charge in [-0.25, -0.2) is 0 Å². The van der Waals surface area contributed by atoms with E-state index in [0.717, 1.165) is 10.4 Å². The Balaban J connectivity index is 1.13. The molecule has 1 N–H and O–H groups in total. The monoisotopic (exact) mass is 477 g/mol. The maximum absolute atomic E-state index is 12.9. The molecular weight excluding hydrogens is 450 g/mol. The van der Waals surface area contributed by atoms with E-state index in [9.17, 15) is 9.59 Å². The zero-order chi connectivity index (χ0) is 23.3. The van der Waals surface area contributed by atoms with Crippen LogP contribution >= 0.6 is 11.3 Å². The largest absolute Gasteiger partial charge is 0.485 e. The maximum Gasteiger partial charge on any atom is 0.267 e. The first-order valence-corrected chi connectivity index (χ1v) is 12.3. The molecular formula is C26H27N3O4S. The van der Waals surface area contributed by atoms with Crippen LogP contribution in [-0.4, -0.2) is 67.0 Å². The second-order valence-corrected chi connectivity index (χ2v) is 9.37. The van der Waals surface area contributed by atoms with Gasteiger partial charge in [0.25, 0.3) is 5.91 Å². The molecule has 3 heterocycles. The van der Waals surface area contributed by atoms with Crippen LogP contribution in [0.1, 0.15) is 16.5 Å². The Morgan fingerprint density at radius 2 is 1.68 bits per heavy atom. The Morgan fingerprint density at radius 3 is 2.41 bits per heavy atom. The molecule has 0 saturated carbocycles.